The fourth-order valence-electron chi connectivity index (χ4n) is 4.48. The number of alkyl halides is 1. The molecule has 0 aliphatic carbocycles. The number of unbranched alkanes of at least 4 members (excludes halogenated alkanes) is 20. The molecular weight excluding hydrogens is 446 g/mol. The molecule has 0 spiro atoms. The first-order chi connectivity index (χ1) is 15.4. The van der Waals surface area contributed by atoms with Crippen LogP contribution in [0.3, 0.4) is 0 Å². The molecule has 0 N–H and O–H groups in total. The van der Waals surface area contributed by atoms with Crippen LogP contribution in [0, 0.1) is 0 Å². The maximum atomic E-state index is 14.9. The monoisotopic (exact) mass is 500 g/mol. The summed E-state index contributed by atoms with van der Waals surface area (Å²) in [6.45, 7) is 4.43. The van der Waals surface area contributed by atoms with Gasteiger partial charge in [-0.2, -0.15) is 0 Å². The Morgan fingerprint density at radius 2 is 0.727 bits per heavy atom. The Morgan fingerprint density at radius 1 is 0.515 bits per heavy atom. The van der Waals surface area contributed by atoms with Crippen molar-refractivity contribution in [2.75, 3.05) is 0 Å². The van der Waals surface area contributed by atoms with E-state index in [1.807, 2.05) is 0 Å². The summed E-state index contributed by atoms with van der Waals surface area (Å²) in [5.74, 6) is 0. The first-order valence-corrected chi connectivity index (χ1v) is 15.4. The second-order valence-electron chi connectivity index (χ2n) is 9.91. The molecule has 0 fully saturated rings. The molecule has 0 saturated heterocycles. The molecule has 0 aliphatic heterocycles. The van der Waals surface area contributed by atoms with Crippen LogP contribution < -0.4 is 29.6 Å². The summed E-state index contributed by atoms with van der Waals surface area (Å²) in [5, 5.41) is -2.56. The van der Waals surface area contributed by atoms with Gasteiger partial charge in [0, 0.05) is 0 Å². The molecule has 0 saturated carbocycles. The van der Waals surface area contributed by atoms with E-state index in [0.717, 1.165) is 38.5 Å². The molecule has 0 radical (unpaired) electrons. The summed E-state index contributed by atoms with van der Waals surface area (Å²) in [7, 11) is -4.90. The molecule has 0 bridgehead atoms. The van der Waals surface area contributed by atoms with Gasteiger partial charge in [0.05, 0.1) is 0 Å². The Balaban J connectivity index is 0. The van der Waals surface area contributed by atoms with Crippen LogP contribution in [0.25, 0.3) is 0 Å². The van der Waals surface area contributed by atoms with Gasteiger partial charge in [0.25, 0.3) is 0 Å². The summed E-state index contributed by atoms with van der Waals surface area (Å²) in [6.07, 6.45) is 24.7. The van der Waals surface area contributed by atoms with Crippen LogP contribution >= 0.6 is 0 Å². The van der Waals surface area contributed by atoms with E-state index >= 15 is 0 Å². The molecule has 3 nitrogen and oxygen atoms in total. The Kier molecular flexibility index (Phi) is 26.8. The number of hydrogen-bond donors (Lipinski definition) is 0. The predicted octanol–water partition coefficient (Wildman–Crippen LogP) is 6.60. The number of rotatable bonds is 25. The van der Waals surface area contributed by atoms with Gasteiger partial charge in [-0.05, 0) is 25.7 Å². The van der Waals surface area contributed by atoms with Crippen molar-refractivity contribution in [2.24, 2.45) is 0 Å². The smallest absolute Gasteiger partial charge is 0.745 e. The Bertz CT molecular complexity index is 502. The van der Waals surface area contributed by atoms with E-state index in [1.165, 1.54) is 89.9 Å². The van der Waals surface area contributed by atoms with Crippen molar-refractivity contribution in [3.63, 3.8) is 0 Å². The molecule has 0 aromatic carbocycles. The summed E-state index contributed by atoms with van der Waals surface area (Å²) >= 11 is 0. The fraction of sp³-hybridized carbons (Fsp3) is 1.00. The largest absolute Gasteiger partial charge is 1.00 e. The Hall–Kier alpha value is 0.840. The van der Waals surface area contributed by atoms with Crippen molar-refractivity contribution < 1.29 is 46.9 Å². The third-order valence-corrected chi connectivity index (χ3v) is 8.06. The number of hydrogen-bond acceptors (Lipinski definition) is 3. The Morgan fingerprint density at radius 3 is 0.939 bits per heavy atom. The van der Waals surface area contributed by atoms with Crippen LogP contribution in [-0.4, -0.2) is 18.0 Å². The maximum absolute atomic E-state index is 14.9. The van der Waals surface area contributed by atoms with E-state index in [0.29, 0.717) is 12.8 Å². The van der Waals surface area contributed by atoms with Gasteiger partial charge in [0.2, 0.25) is 0 Å². The van der Waals surface area contributed by atoms with Gasteiger partial charge in [-0.1, -0.05) is 142 Å². The first-order valence-electron chi connectivity index (χ1n) is 14.0. The van der Waals surface area contributed by atoms with Gasteiger partial charge < -0.3 is 4.55 Å². The van der Waals surface area contributed by atoms with Crippen molar-refractivity contribution in [3.05, 3.63) is 0 Å². The standard InChI is InChI=1S/C27H55FO3S.Na/c1-3-5-7-9-11-13-14-15-16-17-18-20-22-24-26-27(28,32(29,30)31)25-23-21-19-12-10-8-6-4-2;/h3-26H2,1-2H3,(H,29,30,31);/q;+1/p-1. The van der Waals surface area contributed by atoms with E-state index in [1.54, 1.807) is 0 Å². The summed E-state index contributed by atoms with van der Waals surface area (Å²) in [5.41, 5.74) is 0. The van der Waals surface area contributed by atoms with Crippen LogP contribution in [0.5, 0.6) is 0 Å². The van der Waals surface area contributed by atoms with Crippen LogP contribution in [0.4, 0.5) is 4.39 Å². The second-order valence-corrected chi connectivity index (χ2v) is 11.5. The van der Waals surface area contributed by atoms with Gasteiger partial charge >= 0.3 is 29.6 Å². The molecule has 0 aliphatic rings. The van der Waals surface area contributed by atoms with Crippen molar-refractivity contribution in [3.8, 4) is 0 Å². The topological polar surface area (TPSA) is 57.2 Å². The van der Waals surface area contributed by atoms with Crippen LogP contribution in [0.2, 0.25) is 0 Å². The van der Waals surface area contributed by atoms with E-state index in [9.17, 15) is 17.4 Å². The van der Waals surface area contributed by atoms with Crippen molar-refractivity contribution in [1.82, 2.24) is 0 Å². The molecule has 194 valence electrons. The molecular formula is C27H54FNaO3S. The van der Waals surface area contributed by atoms with Gasteiger partial charge in [-0.25, -0.2) is 12.8 Å². The summed E-state index contributed by atoms with van der Waals surface area (Å²) < 4.78 is 49.5. The molecule has 1 unspecified atom stereocenters. The fourth-order valence-corrected chi connectivity index (χ4v) is 5.27. The third kappa shape index (κ3) is 21.8. The van der Waals surface area contributed by atoms with Crippen LogP contribution in [0.15, 0.2) is 0 Å². The van der Waals surface area contributed by atoms with Gasteiger partial charge in [-0.15, -0.1) is 0 Å². The van der Waals surface area contributed by atoms with E-state index in [-0.39, 0.29) is 42.4 Å². The van der Waals surface area contributed by atoms with Gasteiger partial charge in [0.15, 0.2) is 5.00 Å². The summed E-state index contributed by atoms with van der Waals surface area (Å²) in [4.78, 5) is 0. The minimum absolute atomic E-state index is 0. The van der Waals surface area contributed by atoms with E-state index in [2.05, 4.69) is 13.8 Å². The van der Waals surface area contributed by atoms with Crippen molar-refractivity contribution >= 4 is 10.1 Å². The molecule has 0 heterocycles. The zero-order chi connectivity index (χ0) is 24.0. The molecule has 0 aromatic rings. The minimum atomic E-state index is -4.90. The molecule has 1 atom stereocenters. The van der Waals surface area contributed by atoms with E-state index in [4.69, 9.17) is 0 Å². The SMILES string of the molecule is CCCCCCCCCCCCCCCCC(F)(CCCCCCCCCC)S(=O)(=O)[O-].[Na+]. The zero-order valence-electron chi connectivity index (χ0n) is 22.5. The molecule has 6 heteroatoms. The number of halogens is 1. The van der Waals surface area contributed by atoms with Crippen molar-refractivity contribution in [1.29, 1.82) is 0 Å². The average molecular weight is 501 g/mol. The molecule has 33 heavy (non-hydrogen) atoms. The van der Waals surface area contributed by atoms with Gasteiger partial charge in [-0.3, -0.25) is 0 Å². The second kappa shape index (κ2) is 24.5. The van der Waals surface area contributed by atoms with Crippen LogP contribution in [-0.2, 0) is 10.1 Å². The van der Waals surface area contributed by atoms with Gasteiger partial charge in [0.1, 0.15) is 10.1 Å². The Labute approximate surface area is 228 Å². The molecule has 0 amide bonds. The third-order valence-electron chi connectivity index (χ3n) is 6.76. The quantitative estimate of drug-likeness (QED) is 0.0806. The minimum Gasteiger partial charge on any atom is -0.745 e. The zero-order valence-corrected chi connectivity index (χ0v) is 25.3. The molecule has 0 aromatic heterocycles. The predicted molar refractivity (Wildman–Crippen MR) is 136 cm³/mol. The first kappa shape index (κ1) is 36.0. The van der Waals surface area contributed by atoms with E-state index < -0.39 is 15.1 Å². The normalized spacial score (nSPS) is 13.6. The van der Waals surface area contributed by atoms with Crippen molar-refractivity contribution in [2.45, 2.75) is 173 Å². The summed E-state index contributed by atoms with van der Waals surface area (Å²) in [6, 6.07) is 0. The molecule has 0 rings (SSSR count). The van der Waals surface area contributed by atoms with Crippen LogP contribution in [0.1, 0.15) is 168 Å². The maximum Gasteiger partial charge on any atom is 1.00 e. The average Bonchev–Trinajstić information content (AvgIpc) is 2.75.